The summed E-state index contributed by atoms with van der Waals surface area (Å²) in [6.45, 7) is 2.38. The summed E-state index contributed by atoms with van der Waals surface area (Å²) < 4.78 is 0. The van der Waals surface area contributed by atoms with Crippen LogP contribution in [0.1, 0.15) is 32.1 Å². The molecular weight excluding hydrogens is 188 g/mol. The van der Waals surface area contributed by atoms with Gasteiger partial charge in [-0.2, -0.15) is 5.26 Å². The van der Waals surface area contributed by atoms with Crippen molar-refractivity contribution < 1.29 is 5.11 Å². The number of nitriles is 1. The van der Waals surface area contributed by atoms with Gasteiger partial charge in [-0.1, -0.05) is 12.8 Å². The van der Waals surface area contributed by atoms with Gasteiger partial charge in [-0.05, 0) is 31.7 Å². The molecule has 15 heavy (non-hydrogen) atoms. The molecule has 3 nitrogen and oxygen atoms in total. The van der Waals surface area contributed by atoms with Crippen LogP contribution in [0.4, 0.5) is 0 Å². The minimum absolute atomic E-state index is 0.233. The fraction of sp³-hybridized carbons (Fsp3) is 0.917. The van der Waals surface area contributed by atoms with Gasteiger partial charge in [0.15, 0.2) is 0 Å². The number of likely N-dealkylation sites (tertiary alicyclic amines) is 1. The van der Waals surface area contributed by atoms with Crippen LogP contribution in [-0.2, 0) is 0 Å². The van der Waals surface area contributed by atoms with Crippen molar-refractivity contribution in [2.24, 2.45) is 11.8 Å². The van der Waals surface area contributed by atoms with Crippen LogP contribution < -0.4 is 0 Å². The molecule has 3 unspecified atom stereocenters. The topological polar surface area (TPSA) is 47.3 Å². The lowest BCUT2D eigenvalue weighted by Gasteiger charge is -2.34. The number of hydrogen-bond donors (Lipinski definition) is 1. The average molecular weight is 208 g/mol. The fourth-order valence-electron chi connectivity index (χ4n) is 3.01. The molecule has 0 bridgehead atoms. The minimum Gasteiger partial charge on any atom is -0.396 e. The van der Waals surface area contributed by atoms with Gasteiger partial charge in [0.1, 0.15) is 0 Å². The van der Waals surface area contributed by atoms with E-state index in [9.17, 15) is 0 Å². The van der Waals surface area contributed by atoms with E-state index in [1.54, 1.807) is 0 Å². The molecule has 1 aliphatic carbocycles. The molecule has 1 saturated heterocycles. The third-order valence-electron chi connectivity index (χ3n) is 3.94. The second kappa shape index (κ2) is 4.96. The quantitative estimate of drug-likeness (QED) is 0.746. The first-order valence-electron chi connectivity index (χ1n) is 6.09. The van der Waals surface area contributed by atoms with Crippen molar-refractivity contribution in [3.63, 3.8) is 0 Å². The van der Waals surface area contributed by atoms with Crippen LogP contribution in [0.2, 0.25) is 0 Å². The Labute approximate surface area is 91.7 Å². The Morgan fingerprint density at radius 1 is 1.27 bits per heavy atom. The molecule has 2 fully saturated rings. The highest BCUT2D eigenvalue weighted by Crippen LogP contribution is 2.31. The number of aliphatic hydroxyl groups excluding tert-OH is 1. The maximum absolute atomic E-state index is 9.12. The van der Waals surface area contributed by atoms with E-state index >= 15 is 0 Å². The van der Waals surface area contributed by atoms with E-state index in [1.165, 1.54) is 19.3 Å². The number of rotatable bonds is 2. The number of nitrogens with zero attached hydrogens (tertiary/aromatic N) is 2. The first-order valence-corrected chi connectivity index (χ1v) is 6.09. The summed E-state index contributed by atoms with van der Waals surface area (Å²) in [5, 5.41) is 18.2. The highest BCUT2D eigenvalue weighted by molar-refractivity contribution is 4.97. The molecule has 0 aromatic heterocycles. The van der Waals surface area contributed by atoms with Gasteiger partial charge >= 0.3 is 0 Å². The Bertz CT molecular complexity index is 248. The zero-order chi connectivity index (χ0) is 10.7. The molecule has 0 spiro atoms. The van der Waals surface area contributed by atoms with E-state index in [0.717, 1.165) is 25.9 Å². The third-order valence-corrected chi connectivity index (χ3v) is 3.94. The lowest BCUT2D eigenvalue weighted by molar-refractivity contribution is 0.142. The molecule has 2 aliphatic rings. The van der Waals surface area contributed by atoms with Gasteiger partial charge in [-0.3, -0.25) is 4.90 Å². The Balaban J connectivity index is 1.94. The van der Waals surface area contributed by atoms with Crippen molar-refractivity contribution >= 4 is 0 Å². The summed E-state index contributed by atoms with van der Waals surface area (Å²) in [7, 11) is 0. The van der Waals surface area contributed by atoms with E-state index in [-0.39, 0.29) is 5.92 Å². The maximum atomic E-state index is 9.12. The summed E-state index contributed by atoms with van der Waals surface area (Å²) in [5.41, 5.74) is 0. The maximum Gasteiger partial charge on any atom is 0.0672 e. The van der Waals surface area contributed by atoms with Crippen LogP contribution >= 0.6 is 0 Å². The van der Waals surface area contributed by atoms with Crippen molar-refractivity contribution in [1.29, 1.82) is 5.26 Å². The second-order valence-electron chi connectivity index (χ2n) is 4.92. The minimum atomic E-state index is 0.233. The van der Waals surface area contributed by atoms with Gasteiger partial charge in [0, 0.05) is 19.2 Å². The highest BCUT2D eigenvalue weighted by Gasteiger charge is 2.34. The molecule has 1 saturated carbocycles. The lowest BCUT2D eigenvalue weighted by atomic mass is 9.84. The average Bonchev–Trinajstić information content (AvgIpc) is 2.77. The van der Waals surface area contributed by atoms with Crippen LogP contribution in [0.15, 0.2) is 0 Å². The predicted molar refractivity (Wildman–Crippen MR) is 58.1 cm³/mol. The van der Waals surface area contributed by atoms with Gasteiger partial charge < -0.3 is 5.11 Å². The molecular formula is C12H20N2O. The molecule has 84 valence electrons. The van der Waals surface area contributed by atoms with Crippen molar-refractivity contribution in [2.75, 3.05) is 19.7 Å². The van der Waals surface area contributed by atoms with Crippen molar-refractivity contribution in [3.05, 3.63) is 0 Å². The summed E-state index contributed by atoms with van der Waals surface area (Å²) in [6.07, 6.45) is 5.83. The molecule has 3 heteroatoms. The molecule has 0 amide bonds. The molecule has 1 N–H and O–H groups in total. The van der Waals surface area contributed by atoms with E-state index in [1.807, 2.05) is 0 Å². The first-order chi connectivity index (χ1) is 7.35. The lowest BCUT2D eigenvalue weighted by Crippen LogP contribution is -2.40. The molecule has 0 radical (unpaired) electrons. The van der Waals surface area contributed by atoms with E-state index in [2.05, 4.69) is 11.0 Å². The van der Waals surface area contributed by atoms with E-state index in [0.29, 0.717) is 18.6 Å². The largest absolute Gasteiger partial charge is 0.396 e. The SMILES string of the molecule is N#CC1CCCCC1N1CCC(CO)C1. The van der Waals surface area contributed by atoms with Crippen LogP contribution in [0.5, 0.6) is 0 Å². The van der Waals surface area contributed by atoms with Crippen LogP contribution in [0, 0.1) is 23.2 Å². The van der Waals surface area contributed by atoms with Crippen molar-refractivity contribution in [3.8, 4) is 6.07 Å². The standard InChI is InChI=1S/C12H20N2O/c13-7-11-3-1-2-4-12(11)14-6-5-10(8-14)9-15/h10-12,15H,1-6,8-9H2. The third kappa shape index (κ3) is 2.32. The summed E-state index contributed by atoms with van der Waals surface area (Å²) in [4.78, 5) is 2.44. The summed E-state index contributed by atoms with van der Waals surface area (Å²) in [5.74, 6) is 0.683. The molecule has 0 aromatic rings. The number of aliphatic hydroxyl groups is 1. The van der Waals surface area contributed by atoms with Crippen LogP contribution in [0.3, 0.4) is 0 Å². The normalized spacial score (nSPS) is 37.7. The Kier molecular flexibility index (Phi) is 3.61. The Hall–Kier alpha value is -0.590. The summed E-state index contributed by atoms with van der Waals surface area (Å²) in [6, 6.07) is 2.93. The predicted octanol–water partition coefficient (Wildman–Crippen LogP) is 1.38. The highest BCUT2D eigenvalue weighted by atomic mass is 16.3. The van der Waals surface area contributed by atoms with Crippen molar-refractivity contribution in [2.45, 2.75) is 38.1 Å². The second-order valence-corrected chi connectivity index (χ2v) is 4.92. The summed E-state index contributed by atoms with van der Waals surface area (Å²) >= 11 is 0. The Morgan fingerprint density at radius 2 is 2.07 bits per heavy atom. The van der Waals surface area contributed by atoms with Crippen LogP contribution in [0.25, 0.3) is 0 Å². The van der Waals surface area contributed by atoms with E-state index in [4.69, 9.17) is 10.4 Å². The molecule has 0 aromatic carbocycles. The van der Waals surface area contributed by atoms with E-state index < -0.39 is 0 Å². The van der Waals surface area contributed by atoms with Gasteiger partial charge in [0.05, 0.1) is 12.0 Å². The molecule has 1 aliphatic heterocycles. The van der Waals surface area contributed by atoms with Gasteiger partial charge in [0.25, 0.3) is 0 Å². The first kappa shape index (κ1) is 10.9. The van der Waals surface area contributed by atoms with Gasteiger partial charge in [0.2, 0.25) is 0 Å². The smallest absolute Gasteiger partial charge is 0.0672 e. The van der Waals surface area contributed by atoms with Gasteiger partial charge in [-0.15, -0.1) is 0 Å². The fourth-order valence-corrected chi connectivity index (χ4v) is 3.01. The van der Waals surface area contributed by atoms with Crippen molar-refractivity contribution in [1.82, 2.24) is 4.90 Å². The molecule has 3 atom stereocenters. The molecule has 2 rings (SSSR count). The van der Waals surface area contributed by atoms with Gasteiger partial charge in [-0.25, -0.2) is 0 Å². The monoisotopic (exact) mass is 208 g/mol. The molecule has 1 heterocycles. The Morgan fingerprint density at radius 3 is 2.73 bits per heavy atom. The zero-order valence-electron chi connectivity index (χ0n) is 9.23. The number of hydrogen-bond acceptors (Lipinski definition) is 3. The van der Waals surface area contributed by atoms with Crippen LogP contribution in [-0.4, -0.2) is 35.7 Å². The zero-order valence-corrected chi connectivity index (χ0v) is 9.23.